The first-order valence-corrected chi connectivity index (χ1v) is 43.4. The molecule has 12 aromatic rings. The van der Waals surface area contributed by atoms with Crippen LogP contribution in [0.2, 0.25) is 0 Å². The fourth-order valence-electron chi connectivity index (χ4n) is 18.6. The molecule has 16 rings (SSSR count). The molecular formula is C102H101F12N11O9. The summed E-state index contributed by atoms with van der Waals surface area (Å²) >= 11 is 0. The van der Waals surface area contributed by atoms with Crippen LogP contribution in [0.3, 0.4) is 0 Å². The zero-order valence-corrected chi connectivity index (χ0v) is 75.7. The van der Waals surface area contributed by atoms with Gasteiger partial charge in [-0.15, -0.1) is 0 Å². The first-order chi connectivity index (χ1) is 63.0. The molecule has 32 heteroatoms. The number of rotatable bonds is 22. The predicted octanol–water partition coefficient (Wildman–Crippen LogP) is 21.8. The number of halogens is 12. The Morgan fingerprint density at radius 3 is 1.11 bits per heavy atom. The van der Waals surface area contributed by atoms with Crippen LogP contribution in [0, 0.1) is 57.9 Å². The topological polar surface area (TPSA) is 274 Å². The van der Waals surface area contributed by atoms with Crippen molar-refractivity contribution in [2.75, 3.05) is 26.2 Å². The van der Waals surface area contributed by atoms with Gasteiger partial charge in [-0.2, -0.15) is 20.6 Å². The lowest BCUT2D eigenvalue weighted by Crippen LogP contribution is -2.48. The Balaban J connectivity index is 0.000000152. The number of hydrogen-bond acceptors (Lipinski definition) is 13. The van der Waals surface area contributed by atoms with Gasteiger partial charge in [-0.25, -0.2) is 71.9 Å². The number of aromatic amines is 2. The van der Waals surface area contributed by atoms with Gasteiger partial charge in [-0.3, -0.25) is 34.5 Å². The van der Waals surface area contributed by atoms with Crippen LogP contribution >= 0.6 is 0 Å². The second-order valence-electron chi connectivity index (χ2n) is 36.9. The zero-order valence-electron chi connectivity index (χ0n) is 75.7. The summed E-state index contributed by atoms with van der Waals surface area (Å²) in [6.07, 6.45) is 17.1. The fourth-order valence-corrected chi connectivity index (χ4v) is 18.6. The zero-order chi connectivity index (χ0) is 97.4. The number of aryl methyl sites for hydroxylation is 1. The number of carboxylic acid groups (broad SMARTS) is 4. The molecule has 0 fully saturated rings. The number of aromatic nitrogens is 6. The number of carbonyl (C=O) groups is 4. The Kier molecular flexibility index (Phi) is 29.0. The third-order valence-electron chi connectivity index (χ3n) is 24.1. The highest BCUT2D eigenvalue weighted by atomic mass is 19.2. The van der Waals surface area contributed by atoms with E-state index in [0.29, 0.717) is 59.3 Å². The molecule has 0 spiro atoms. The van der Waals surface area contributed by atoms with E-state index in [0.717, 1.165) is 164 Å². The average molecular weight is 1850 g/mol. The molecule has 4 aliphatic rings. The lowest BCUT2D eigenvalue weighted by Gasteiger charge is -2.44. The Bertz CT molecular complexity index is 6380. The molecule has 8 atom stereocenters. The molecule has 0 aliphatic carbocycles. The van der Waals surface area contributed by atoms with Crippen LogP contribution in [-0.2, 0) is 51.4 Å². The summed E-state index contributed by atoms with van der Waals surface area (Å²) in [5, 5.41) is 65.4. The number of nitrogens with zero attached hydrogens (tertiary/aromatic N) is 9. The molecule has 0 saturated heterocycles. The standard InChI is InChI=1S/C30H30F3N3O3.2C24H24F3N3O2.C24H23F3N2O2/c1-5-35-15-20(14-34-35)19-7-8-25-21(13-19)22-10-17(2)36(16-30(3,4)33)28(29(22)39-25)27-23(31)11-18(12-24(27)32)6-9-26(37)38;2*1-13-8-16-15(5-6-20-17(16)11-28-29-20)23(30(13)12-24(2,3)27)22-18(25)9-14(10-19(22)26)4-7-21(31)32;1-14-8-17-9-16(12-28)4-6-18(17)23(29(14)13-24(2,3)27)22-19(25)10-15(11-20(22)26)5-7-21(30)31/h6-9,11-15,17,28H,5,10,16H2,1-4H3,(H,37,38);2*4-7,9-11,13,23H,8,12H2,1-3H3,(H,28,29)(H,31,32);4-7,9-11,14,23H,8,13H2,1-3H3,(H,30,31)/b9-6+;2*7-4+;7-5+/t17-,28-;2*13-,23+;/m010./s1. The molecule has 8 aromatic carbocycles. The molecule has 4 aromatic heterocycles. The van der Waals surface area contributed by atoms with Crippen molar-refractivity contribution in [3.8, 4) is 17.2 Å². The summed E-state index contributed by atoms with van der Waals surface area (Å²) in [5.74, 6) is -11.2. The minimum Gasteiger partial charge on any atom is -0.478 e. The Morgan fingerprint density at radius 1 is 0.433 bits per heavy atom. The van der Waals surface area contributed by atoms with E-state index >= 15 is 35.1 Å². The van der Waals surface area contributed by atoms with Crippen molar-refractivity contribution in [3.05, 3.63) is 300 Å². The van der Waals surface area contributed by atoms with E-state index in [9.17, 15) is 42.0 Å². The minimum atomic E-state index is -1.64. The number of alkyl halides is 4. The molecule has 2 unspecified atom stereocenters. The number of nitriles is 1. The summed E-state index contributed by atoms with van der Waals surface area (Å²) in [5.41, 5.74) is 3.11. The van der Waals surface area contributed by atoms with Crippen molar-refractivity contribution in [1.29, 1.82) is 5.26 Å². The number of fused-ring (bicyclic) bond motifs is 10. The summed E-state index contributed by atoms with van der Waals surface area (Å²) in [7, 11) is 0. The maximum absolute atomic E-state index is 15.6. The van der Waals surface area contributed by atoms with Gasteiger partial charge in [-0.05, 0) is 286 Å². The monoisotopic (exact) mass is 1850 g/mol. The van der Waals surface area contributed by atoms with Crippen molar-refractivity contribution >= 4 is 81.0 Å². The Morgan fingerprint density at radius 2 is 0.769 bits per heavy atom. The summed E-state index contributed by atoms with van der Waals surface area (Å²) in [6.45, 7) is 21.7. The normalized spacial score (nSPS) is 19.1. The molecule has 702 valence electrons. The van der Waals surface area contributed by atoms with Gasteiger partial charge in [0.25, 0.3) is 0 Å². The number of nitrogens with one attached hydrogen (secondary N) is 2. The van der Waals surface area contributed by atoms with E-state index in [1.165, 1.54) is 55.4 Å². The molecular weight excluding hydrogens is 1750 g/mol. The van der Waals surface area contributed by atoms with Gasteiger partial charge in [0, 0.05) is 137 Å². The summed E-state index contributed by atoms with van der Waals surface area (Å²) in [6, 6.07) is 24.3. The minimum absolute atomic E-state index is 0.0127. The second-order valence-corrected chi connectivity index (χ2v) is 36.9. The molecule has 0 bridgehead atoms. The smallest absolute Gasteiger partial charge is 0.328 e. The molecule has 6 N–H and O–H groups in total. The number of benzene rings is 8. The van der Waals surface area contributed by atoms with Crippen LogP contribution in [0.4, 0.5) is 52.7 Å². The maximum Gasteiger partial charge on any atom is 0.328 e. The van der Waals surface area contributed by atoms with Crippen LogP contribution in [0.15, 0.2) is 163 Å². The molecule has 4 aliphatic heterocycles. The van der Waals surface area contributed by atoms with Crippen molar-refractivity contribution < 1.29 is 96.7 Å². The average Bonchev–Trinajstić information content (AvgIpc) is 1.34. The van der Waals surface area contributed by atoms with Gasteiger partial charge in [0.05, 0.1) is 59.4 Å². The van der Waals surface area contributed by atoms with Crippen LogP contribution < -0.4 is 0 Å². The molecule has 134 heavy (non-hydrogen) atoms. The SMILES string of the molecule is CC1Cc2cc(C#N)ccc2C(c2c(F)cc(/C=C/C(=O)O)cc2F)N1CC(C)(C)F.CCn1cc(-c2ccc3oc4c(c3c2)C[C@H](C)N(CC(C)(C)F)[C@H]4c2c(F)cc(/C=C/C(=O)O)cc2F)cn1.C[C@@H]1Cc2c(ccc3[nH]ncc23)[C@@H](c2c(F)cc(/C=C/C(=O)O)cc2F)N1CC(C)(C)F.C[C@H]1Cc2c(ccc3[nH]ncc23)[C@H](c2c(F)cc(/C=C/C(=O)O)cc2F)N1CC(C)(C)F. The van der Waals surface area contributed by atoms with Crippen LogP contribution in [0.25, 0.3) is 68.2 Å². The van der Waals surface area contributed by atoms with E-state index in [2.05, 4.69) is 31.6 Å². The van der Waals surface area contributed by atoms with Gasteiger partial charge in [0.2, 0.25) is 0 Å². The van der Waals surface area contributed by atoms with Gasteiger partial charge in [0.15, 0.2) is 0 Å². The first kappa shape index (κ1) is 98.3. The fraction of sp³-hybridized carbons (Fsp3) is 0.333. The number of H-pyrrole nitrogens is 2. The largest absolute Gasteiger partial charge is 0.478 e. The Hall–Kier alpha value is -13.2. The highest BCUT2D eigenvalue weighted by Crippen LogP contribution is 2.50. The third kappa shape index (κ3) is 22.3. The first-order valence-electron chi connectivity index (χ1n) is 43.4. The van der Waals surface area contributed by atoms with Crippen LogP contribution in [0.5, 0.6) is 0 Å². The highest BCUT2D eigenvalue weighted by molar-refractivity contribution is 5.90. The van der Waals surface area contributed by atoms with Crippen molar-refractivity contribution in [1.82, 2.24) is 49.8 Å². The number of carboxylic acids is 4. The Labute approximate surface area is 765 Å². The van der Waals surface area contributed by atoms with Gasteiger partial charge >= 0.3 is 23.9 Å². The third-order valence-corrected chi connectivity index (χ3v) is 24.1. The van der Waals surface area contributed by atoms with Gasteiger partial charge in [0.1, 0.15) is 86.6 Å². The van der Waals surface area contributed by atoms with Crippen molar-refractivity contribution in [2.24, 2.45) is 0 Å². The quantitative estimate of drug-likeness (QED) is 0.0272. The predicted molar refractivity (Wildman–Crippen MR) is 486 cm³/mol. The lowest BCUT2D eigenvalue weighted by atomic mass is 9.82. The lowest BCUT2D eigenvalue weighted by molar-refractivity contribution is -0.132. The molecule has 0 saturated carbocycles. The van der Waals surface area contributed by atoms with E-state index in [1.807, 2.05) is 88.0 Å². The molecule has 8 heterocycles. The van der Waals surface area contributed by atoms with E-state index in [-0.39, 0.29) is 94.9 Å². The summed E-state index contributed by atoms with van der Waals surface area (Å²) < 4.78 is 190. The van der Waals surface area contributed by atoms with Crippen molar-refractivity contribution in [2.45, 2.75) is 193 Å². The molecule has 0 amide bonds. The number of aliphatic carboxylic acids is 4. The van der Waals surface area contributed by atoms with Crippen molar-refractivity contribution in [3.63, 3.8) is 0 Å². The maximum atomic E-state index is 15.6. The second kappa shape index (κ2) is 39.5. The van der Waals surface area contributed by atoms with E-state index in [1.54, 1.807) is 56.4 Å². The van der Waals surface area contributed by atoms with E-state index in [4.69, 9.17) is 24.8 Å². The number of furan rings is 1. The molecule has 20 nitrogen and oxygen atoms in total. The van der Waals surface area contributed by atoms with Gasteiger partial charge in [-0.1, -0.05) is 24.3 Å². The van der Waals surface area contributed by atoms with Crippen LogP contribution in [-0.4, -0.2) is 167 Å². The van der Waals surface area contributed by atoms with Crippen LogP contribution in [0.1, 0.15) is 209 Å². The highest BCUT2D eigenvalue weighted by Gasteiger charge is 2.46. The van der Waals surface area contributed by atoms with E-state index < -0.39 is 117 Å². The number of hydrogen-bond donors (Lipinski definition) is 6. The summed E-state index contributed by atoms with van der Waals surface area (Å²) in [4.78, 5) is 50.2. The molecule has 0 radical (unpaired) electrons. The van der Waals surface area contributed by atoms with Gasteiger partial charge < -0.3 is 24.8 Å².